The number of carbonyl (C=O) groups excluding carboxylic acids is 2. The first kappa shape index (κ1) is 22.7. The van der Waals surface area contributed by atoms with Gasteiger partial charge in [-0.25, -0.2) is 0 Å². The minimum atomic E-state index is -0.820. The summed E-state index contributed by atoms with van der Waals surface area (Å²) >= 11 is 6.13. The summed E-state index contributed by atoms with van der Waals surface area (Å²) < 4.78 is 10.8. The molecule has 1 aliphatic rings. The van der Waals surface area contributed by atoms with Gasteiger partial charge in [-0.05, 0) is 38.4 Å². The Morgan fingerprint density at radius 3 is 2.42 bits per heavy atom. The maximum atomic E-state index is 13.1. The fourth-order valence-corrected chi connectivity index (χ4v) is 3.82. The van der Waals surface area contributed by atoms with Crippen LogP contribution in [0.15, 0.2) is 48.0 Å². The first-order valence-corrected chi connectivity index (χ1v) is 10.1. The largest absolute Gasteiger partial charge is 0.507 e. The Balaban J connectivity index is 2.25. The topological polar surface area (TPSA) is 79.3 Å². The van der Waals surface area contributed by atoms with Crippen molar-refractivity contribution in [3.8, 4) is 11.5 Å². The fraction of sp³-hybridized carbons (Fsp3) is 0.304. The second kappa shape index (κ2) is 9.41. The van der Waals surface area contributed by atoms with E-state index < -0.39 is 17.7 Å². The lowest BCUT2D eigenvalue weighted by atomic mass is 9.94. The van der Waals surface area contributed by atoms with Crippen LogP contribution in [0.3, 0.4) is 0 Å². The molecule has 2 aromatic carbocycles. The standard InChI is InChI=1S/C23H25ClN2O5/c1-25(2)11-12-26-20(15-7-5-6-8-17(15)30-3)19(22(28)23(26)29)21(27)16-13-14(24)9-10-18(16)31-4/h5-10,13,20,27H,11-12H2,1-4H3/b21-19+. The second-order valence-electron chi connectivity index (χ2n) is 7.38. The first-order chi connectivity index (χ1) is 14.8. The number of likely N-dealkylation sites (N-methyl/N-ethyl adjacent to an activating group) is 1. The number of Topliss-reactive ketones (excluding diaryl/α,β-unsaturated/α-hetero) is 1. The molecule has 164 valence electrons. The maximum Gasteiger partial charge on any atom is 0.295 e. The second-order valence-corrected chi connectivity index (χ2v) is 7.82. The molecule has 2 aromatic rings. The number of aliphatic hydroxyl groups is 1. The average molecular weight is 445 g/mol. The van der Waals surface area contributed by atoms with E-state index in [9.17, 15) is 14.7 Å². The molecule has 0 bridgehead atoms. The number of para-hydroxylation sites is 1. The summed E-state index contributed by atoms with van der Waals surface area (Å²) in [5.41, 5.74) is 0.805. The SMILES string of the molecule is COc1ccc(Cl)cc1/C(O)=C1\C(=O)C(=O)N(CCN(C)C)C1c1ccccc1OC. The third-order valence-electron chi connectivity index (χ3n) is 5.18. The van der Waals surface area contributed by atoms with Crippen molar-refractivity contribution in [3.63, 3.8) is 0 Å². The van der Waals surface area contributed by atoms with E-state index in [0.29, 0.717) is 35.2 Å². The van der Waals surface area contributed by atoms with Gasteiger partial charge in [0, 0.05) is 23.7 Å². The summed E-state index contributed by atoms with van der Waals surface area (Å²) in [5.74, 6) is -0.955. The van der Waals surface area contributed by atoms with Crippen LogP contribution in [0.1, 0.15) is 17.2 Å². The number of halogens is 1. The number of ketones is 1. The number of benzene rings is 2. The molecule has 31 heavy (non-hydrogen) atoms. The van der Waals surface area contributed by atoms with Crippen LogP contribution in [0.25, 0.3) is 5.76 Å². The molecule has 1 unspecified atom stereocenters. The Kier molecular flexibility index (Phi) is 6.87. The number of carbonyl (C=O) groups is 2. The van der Waals surface area contributed by atoms with Crippen LogP contribution in [-0.2, 0) is 9.59 Å². The van der Waals surface area contributed by atoms with Gasteiger partial charge in [0.05, 0.1) is 31.4 Å². The summed E-state index contributed by atoms with van der Waals surface area (Å²) in [6.45, 7) is 0.836. The molecule has 1 amide bonds. The van der Waals surface area contributed by atoms with E-state index in [1.54, 1.807) is 36.4 Å². The van der Waals surface area contributed by atoms with Gasteiger partial charge in [-0.2, -0.15) is 0 Å². The maximum absolute atomic E-state index is 13.1. The van der Waals surface area contributed by atoms with Crippen LogP contribution in [0.4, 0.5) is 0 Å². The summed E-state index contributed by atoms with van der Waals surface area (Å²) in [5, 5.41) is 11.6. The van der Waals surface area contributed by atoms with Gasteiger partial charge in [0.2, 0.25) is 0 Å². The van der Waals surface area contributed by atoms with E-state index in [0.717, 1.165) is 0 Å². The summed E-state index contributed by atoms with van der Waals surface area (Å²) in [4.78, 5) is 29.5. The molecule has 1 fully saturated rings. The van der Waals surface area contributed by atoms with Crippen LogP contribution < -0.4 is 9.47 Å². The van der Waals surface area contributed by atoms with Gasteiger partial charge in [-0.3, -0.25) is 9.59 Å². The quantitative estimate of drug-likeness (QED) is 0.401. The number of ether oxygens (including phenoxy) is 2. The molecule has 1 N–H and O–H groups in total. The average Bonchev–Trinajstić information content (AvgIpc) is 3.01. The van der Waals surface area contributed by atoms with E-state index >= 15 is 0 Å². The third kappa shape index (κ3) is 4.38. The van der Waals surface area contributed by atoms with Crippen LogP contribution in [0.5, 0.6) is 11.5 Å². The summed E-state index contributed by atoms with van der Waals surface area (Å²) in [6, 6.07) is 11.0. The lowest BCUT2D eigenvalue weighted by Crippen LogP contribution is -2.35. The number of nitrogens with zero attached hydrogens (tertiary/aromatic N) is 2. The van der Waals surface area contributed by atoms with Gasteiger partial charge in [0.15, 0.2) is 0 Å². The molecular weight excluding hydrogens is 420 g/mol. The van der Waals surface area contributed by atoms with Crippen molar-refractivity contribution in [2.45, 2.75) is 6.04 Å². The van der Waals surface area contributed by atoms with Crippen molar-refractivity contribution in [2.24, 2.45) is 0 Å². The van der Waals surface area contributed by atoms with Crippen molar-refractivity contribution < 1.29 is 24.2 Å². The first-order valence-electron chi connectivity index (χ1n) is 9.70. The zero-order chi connectivity index (χ0) is 22.7. The zero-order valence-corrected chi connectivity index (χ0v) is 18.6. The molecule has 0 aromatic heterocycles. The van der Waals surface area contributed by atoms with Crippen molar-refractivity contribution >= 4 is 29.1 Å². The number of hydrogen-bond acceptors (Lipinski definition) is 6. The smallest absolute Gasteiger partial charge is 0.295 e. The lowest BCUT2D eigenvalue weighted by Gasteiger charge is -2.27. The van der Waals surface area contributed by atoms with Gasteiger partial charge >= 0.3 is 0 Å². The molecule has 0 saturated carbocycles. The van der Waals surface area contributed by atoms with Crippen LogP contribution >= 0.6 is 11.6 Å². The van der Waals surface area contributed by atoms with Gasteiger partial charge in [-0.15, -0.1) is 0 Å². The van der Waals surface area contributed by atoms with Gasteiger partial charge in [0.25, 0.3) is 11.7 Å². The Morgan fingerprint density at radius 1 is 1.10 bits per heavy atom. The number of likely N-dealkylation sites (tertiary alicyclic amines) is 1. The van der Waals surface area contributed by atoms with Crippen LogP contribution in [0.2, 0.25) is 5.02 Å². The van der Waals surface area contributed by atoms with Crippen molar-refractivity contribution in [1.29, 1.82) is 0 Å². The molecule has 0 radical (unpaired) electrons. The van der Waals surface area contributed by atoms with Gasteiger partial charge < -0.3 is 24.4 Å². The van der Waals surface area contributed by atoms with Gasteiger partial charge in [0.1, 0.15) is 17.3 Å². The van der Waals surface area contributed by atoms with E-state index in [-0.39, 0.29) is 16.9 Å². The molecule has 1 saturated heterocycles. The fourth-order valence-electron chi connectivity index (χ4n) is 3.64. The number of methoxy groups -OCH3 is 2. The molecule has 1 aliphatic heterocycles. The monoisotopic (exact) mass is 444 g/mol. The van der Waals surface area contributed by atoms with E-state index in [1.807, 2.05) is 19.0 Å². The molecule has 7 nitrogen and oxygen atoms in total. The van der Waals surface area contributed by atoms with E-state index in [1.165, 1.54) is 25.2 Å². The number of hydrogen-bond donors (Lipinski definition) is 1. The van der Waals surface area contributed by atoms with Crippen LogP contribution in [-0.4, -0.2) is 68.0 Å². The highest BCUT2D eigenvalue weighted by atomic mass is 35.5. The van der Waals surface area contributed by atoms with Crippen molar-refractivity contribution in [2.75, 3.05) is 41.4 Å². The number of rotatable bonds is 7. The Bertz CT molecular complexity index is 1030. The highest BCUT2D eigenvalue weighted by molar-refractivity contribution is 6.46. The Labute approximate surface area is 186 Å². The molecule has 0 aliphatic carbocycles. The number of amides is 1. The lowest BCUT2D eigenvalue weighted by molar-refractivity contribution is -0.140. The minimum Gasteiger partial charge on any atom is -0.507 e. The minimum absolute atomic E-state index is 0.0335. The molecule has 1 atom stereocenters. The Hall–Kier alpha value is -3.03. The molecule has 8 heteroatoms. The van der Waals surface area contributed by atoms with Crippen molar-refractivity contribution in [3.05, 3.63) is 64.2 Å². The molecule has 1 heterocycles. The van der Waals surface area contributed by atoms with E-state index in [2.05, 4.69) is 0 Å². The summed E-state index contributed by atoms with van der Waals surface area (Å²) in [7, 11) is 6.73. The summed E-state index contributed by atoms with van der Waals surface area (Å²) in [6.07, 6.45) is 0. The van der Waals surface area contributed by atoms with Gasteiger partial charge in [-0.1, -0.05) is 29.8 Å². The third-order valence-corrected chi connectivity index (χ3v) is 5.41. The van der Waals surface area contributed by atoms with Crippen LogP contribution in [0, 0.1) is 0 Å². The molecule has 0 spiro atoms. The Morgan fingerprint density at radius 2 is 1.77 bits per heavy atom. The predicted molar refractivity (Wildman–Crippen MR) is 119 cm³/mol. The highest BCUT2D eigenvalue weighted by Crippen LogP contribution is 2.43. The normalized spacial score (nSPS) is 18.0. The highest BCUT2D eigenvalue weighted by Gasteiger charge is 2.47. The van der Waals surface area contributed by atoms with Crippen molar-refractivity contribution in [1.82, 2.24) is 9.80 Å². The zero-order valence-electron chi connectivity index (χ0n) is 17.9. The number of aliphatic hydroxyl groups excluding tert-OH is 1. The molecular formula is C23H25ClN2O5. The molecule has 3 rings (SSSR count). The van der Waals surface area contributed by atoms with E-state index in [4.69, 9.17) is 21.1 Å². The predicted octanol–water partition coefficient (Wildman–Crippen LogP) is 3.34.